The molecule has 0 aliphatic heterocycles. The van der Waals surface area contributed by atoms with Crippen molar-refractivity contribution in [2.45, 2.75) is 39.3 Å². The fourth-order valence-corrected chi connectivity index (χ4v) is 2.90. The van der Waals surface area contributed by atoms with E-state index in [0.29, 0.717) is 5.41 Å². The van der Waals surface area contributed by atoms with Crippen LogP contribution in [-0.4, -0.2) is 31.1 Å². The summed E-state index contributed by atoms with van der Waals surface area (Å²) in [6.45, 7) is 8.05. The van der Waals surface area contributed by atoms with Crippen molar-refractivity contribution in [1.82, 2.24) is 10.2 Å². The molecule has 0 radical (unpaired) electrons. The van der Waals surface area contributed by atoms with Crippen LogP contribution in [0.5, 0.6) is 0 Å². The number of hydrogen-bond acceptors (Lipinski definition) is 3. The molecule has 1 aliphatic rings. The quantitative estimate of drug-likeness (QED) is 0.802. The van der Waals surface area contributed by atoms with Crippen LogP contribution in [0.4, 0.5) is 0 Å². The van der Waals surface area contributed by atoms with Crippen molar-refractivity contribution in [3.05, 3.63) is 22.4 Å². The first-order valence-electron chi connectivity index (χ1n) is 6.48. The van der Waals surface area contributed by atoms with Crippen LogP contribution >= 0.6 is 11.3 Å². The molecule has 1 heterocycles. The van der Waals surface area contributed by atoms with Gasteiger partial charge in [0.25, 0.3) is 0 Å². The molecule has 1 aromatic heterocycles. The maximum Gasteiger partial charge on any atom is 0.0239 e. The van der Waals surface area contributed by atoms with Gasteiger partial charge in [0.2, 0.25) is 0 Å². The summed E-state index contributed by atoms with van der Waals surface area (Å²) in [5.74, 6) is 0. The SMILES string of the molecule is CN(Cc1ccsc1)CC(C)(C)CNC1CC1. The van der Waals surface area contributed by atoms with Gasteiger partial charge < -0.3 is 10.2 Å². The molecule has 0 amide bonds. The average molecular weight is 252 g/mol. The Labute approximate surface area is 109 Å². The Morgan fingerprint density at radius 3 is 2.82 bits per heavy atom. The van der Waals surface area contributed by atoms with E-state index in [1.807, 2.05) is 0 Å². The fraction of sp³-hybridized carbons (Fsp3) is 0.714. The largest absolute Gasteiger partial charge is 0.313 e. The van der Waals surface area contributed by atoms with Crippen molar-refractivity contribution in [3.63, 3.8) is 0 Å². The molecule has 1 fully saturated rings. The Morgan fingerprint density at radius 1 is 1.47 bits per heavy atom. The lowest BCUT2D eigenvalue weighted by atomic mass is 9.92. The summed E-state index contributed by atoms with van der Waals surface area (Å²) in [5, 5.41) is 8.03. The molecule has 3 heteroatoms. The zero-order chi connectivity index (χ0) is 12.3. The number of hydrogen-bond donors (Lipinski definition) is 1. The first-order chi connectivity index (χ1) is 8.05. The zero-order valence-electron chi connectivity index (χ0n) is 11.2. The van der Waals surface area contributed by atoms with Gasteiger partial charge in [0.15, 0.2) is 0 Å². The number of nitrogens with one attached hydrogen (secondary N) is 1. The van der Waals surface area contributed by atoms with Gasteiger partial charge in [-0.15, -0.1) is 0 Å². The van der Waals surface area contributed by atoms with Gasteiger partial charge >= 0.3 is 0 Å². The molecule has 1 aliphatic carbocycles. The van der Waals surface area contributed by atoms with Gasteiger partial charge in [0.05, 0.1) is 0 Å². The van der Waals surface area contributed by atoms with Gasteiger partial charge in [0.1, 0.15) is 0 Å². The lowest BCUT2D eigenvalue weighted by molar-refractivity contribution is 0.198. The van der Waals surface area contributed by atoms with Crippen molar-refractivity contribution in [2.24, 2.45) is 5.41 Å². The van der Waals surface area contributed by atoms with Crippen LogP contribution in [0.3, 0.4) is 0 Å². The Kier molecular flexibility index (Phi) is 4.23. The highest BCUT2D eigenvalue weighted by molar-refractivity contribution is 7.07. The van der Waals surface area contributed by atoms with Crippen molar-refractivity contribution < 1.29 is 0 Å². The van der Waals surface area contributed by atoms with Crippen molar-refractivity contribution in [1.29, 1.82) is 0 Å². The Balaban J connectivity index is 1.73. The van der Waals surface area contributed by atoms with E-state index >= 15 is 0 Å². The third kappa shape index (κ3) is 4.78. The van der Waals surface area contributed by atoms with Gasteiger partial charge in [-0.3, -0.25) is 0 Å². The Bertz CT molecular complexity index is 328. The maximum atomic E-state index is 3.64. The minimum atomic E-state index is 0.355. The monoisotopic (exact) mass is 252 g/mol. The standard InChI is InChI=1S/C14H24N2S/c1-14(2,10-15-13-4-5-13)11-16(3)8-12-6-7-17-9-12/h6-7,9,13,15H,4-5,8,10-11H2,1-3H3. The predicted octanol–water partition coefficient (Wildman–Crippen LogP) is 2.96. The van der Waals surface area contributed by atoms with Gasteiger partial charge in [-0.2, -0.15) is 11.3 Å². The molecular formula is C14H24N2S. The van der Waals surface area contributed by atoms with E-state index in [4.69, 9.17) is 0 Å². The van der Waals surface area contributed by atoms with E-state index in [9.17, 15) is 0 Å². The molecule has 1 saturated carbocycles. The van der Waals surface area contributed by atoms with Crippen molar-refractivity contribution >= 4 is 11.3 Å². The molecule has 1 N–H and O–H groups in total. The minimum Gasteiger partial charge on any atom is -0.313 e. The van der Waals surface area contributed by atoms with Crippen LogP contribution in [0.1, 0.15) is 32.3 Å². The van der Waals surface area contributed by atoms with E-state index in [0.717, 1.165) is 25.7 Å². The third-order valence-corrected chi connectivity index (χ3v) is 3.91. The van der Waals surface area contributed by atoms with Crippen LogP contribution in [0.15, 0.2) is 16.8 Å². The molecule has 0 aromatic carbocycles. The summed E-state index contributed by atoms with van der Waals surface area (Å²) in [5.41, 5.74) is 1.79. The van der Waals surface area contributed by atoms with Gasteiger partial charge in [-0.1, -0.05) is 13.8 Å². The molecule has 0 atom stereocenters. The lowest BCUT2D eigenvalue weighted by Crippen LogP contribution is -2.39. The second-order valence-corrected chi connectivity index (χ2v) is 6.90. The first-order valence-corrected chi connectivity index (χ1v) is 7.42. The lowest BCUT2D eigenvalue weighted by Gasteiger charge is -2.30. The number of rotatable bonds is 7. The highest BCUT2D eigenvalue weighted by atomic mass is 32.1. The van der Waals surface area contributed by atoms with Crippen molar-refractivity contribution in [3.8, 4) is 0 Å². The number of nitrogens with zero attached hydrogens (tertiary/aromatic N) is 1. The highest BCUT2D eigenvalue weighted by Gasteiger charge is 2.26. The highest BCUT2D eigenvalue weighted by Crippen LogP contribution is 2.22. The molecule has 0 unspecified atom stereocenters. The van der Waals surface area contributed by atoms with Crippen LogP contribution in [0.2, 0.25) is 0 Å². The van der Waals surface area contributed by atoms with E-state index < -0.39 is 0 Å². The molecule has 0 spiro atoms. The van der Waals surface area contributed by atoms with E-state index in [2.05, 4.69) is 47.9 Å². The summed E-state index contributed by atoms with van der Waals surface area (Å²) in [7, 11) is 2.22. The zero-order valence-corrected chi connectivity index (χ0v) is 12.0. The maximum absolute atomic E-state index is 3.64. The van der Waals surface area contributed by atoms with E-state index in [-0.39, 0.29) is 0 Å². The second kappa shape index (κ2) is 5.51. The fourth-order valence-electron chi connectivity index (χ4n) is 2.24. The first kappa shape index (κ1) is 13.1. The Hall–Kier alpha value is -0.380. The third-order valence-electron chi connectivity index (χ3n) is 3.18. The van der Waals surface area contributed by atoms with Crippen LogP contribution < -0.4 is 5.32 Å². The topological polar surface area (TPSA) is 15.3 Å². The van der Waals surface area contributed by atoms with Gasteiger partial charge in [-0.05, 0) is 47.7 Å². The molecule has 1 aromatic rings. The van der Waals surface area contributed by atoms with Crippen LogP contribution in [-0.2, 0) is 6.54 Å². The van der Waals surface area contributed by atoms with Gasteiger partial charge in [-0.25, -0.2) is 0 Å². The van der Waals surface area contributed by atoms with Crippen LogP contribution in [0, 0.1) is 5.41 Å². The molecule has 0 saturated heterocycles. The molecule has 17 heavy (non-hydrogen) atoms. The molecule has 2 nitrogen and oxygen atoms in total. The average Bonchev–Trinajstić information content (AvgIpc) is 2.94. The van der Waals surface area contributed by atoms with Gasteiger partial charge in [0, 0.05) is 25.7 Å². The molecule has 0 bridgehead atoms. The second-order valence-electron chi connectivity index (χ2n) is 6.12. The smallest absolute Gasteiger partial charge is 0.0239 e. The minimum absolute atomic E-state index is 0.355. The van der Waals surface area contributed by atoms with E-state index in [1.165, 1.54) is 18.4 Å². The Morgan fingerprint density at radius 2 is 2.24 bits per heavy atom. The van der Waals surface area contributed by atoms with Crippen molar-refractivity contribution in [2.75, 3.05) is 20.1 Å². The summed E-state index contributed by atoms with van der Waals surface area (Å²) in [6, 6.07) is 3.04. The normalized spacial score (nSPS) is 16.7. The molecular weight excluding hydrogens is 228 g/mol. The summed E-state index contributed by atoms with van der Waals surface area (Å²) in [4.78, 5) is 2.43. The summed E-state index contributed by atoms with van der Waals surface area (Å²) >= 11 is 1.78. The molecule has 2 rings (SSSR count). The summed E-state index contributed by atoms with van der Waals surface area (Å²) < 4.78 is 0. The predicted molar refractivity (Wildman–Crippen MR) is 75.5 cm³/mol. The number of thiophene rings is 1. The molecule has 96 valence electrons. The summed E-state index contributed by atoms with van der Waals surface area (Å²) in [6.07, 6.45) is 2.75. The van der Waals surface area contributed by atoms with E-state index in [1.54, 1.807) is 11.3 Å². The van der Waals surface area contributed by atoms with Crippen LogP contribution in [0.25, 0.3) is 0 Å².